The molecule has 9 heteroatoms. The van der Waals surface area contributed by atoms with Gasteiger partial charge >= 0.3 is 0 Å². The highest BCUT2D eigenvalue weighted by atomic mass is 16.7. The van der Waals surface area contributed by atoms with Crippen LogP contribution in [0.1, 0.15) is 51.4 Å². The zero-order chi connectivity index (χ0) is 21.2. The Kier molecular flexibility index (Phi) is 7.09. The molecule has 9 nitrogen and oxygen atoms in total. The van der Waals surface area contributed by atoms with Crippen molar-refractivity contribution in [3.8, 4) is 0 Å². The topological polar surface area (TPSA) is 104 Å². The molecule has 5 rings (SSSR count). The molecule has 5 heterocycles. The third-order valence-electron chi connectivity index (χ3n) is 8.16. The highest BCUT2D eigenvalue weighted by Gasteiger charge is 2.42. The van der Waals surface area contributed by atoms with Crippen molar-refractivity contribution in [2.24, 2.45) is 17.6 Å². The maximum absolute atomic E-state index is 11.5. The van der Waals surface area contributed by atoms with E-state index in [-0.39, 0.29) is 24.2 Å². The first-order valence-electron chi connectivity index (χ1n) is 12.5. The molecule has 5 unspecified atom stereocenters. The molecular weight excluding hydrogens is 396 g/mol. The van der Waals surface area contributed by atoms with Crippen molar-refractivity contribution in [2.75, 3.05) is 39.3 Å². The van der Waals surface area contributed by atoms with E-state index in [9.17, 15) is 4.79 Å². The van der Waals surface area contributed by atoms with E-state index in [1.54, 1.807) is 0 Å². The molecule has 0 bridgehead atoms. The summed E-state index contributed by atoms with van der Waals surface area (Å²) >= 11 is 0. The van der Waals surface area contributed by atoms with Crippen molar-refractivity contribution in [1.29, 1.82) is 0 Å². The Morgan fingerprint density at radius 3 is 2.71 bits per heavy atom. The number of nitrogens with two attached hydrogens (primary N) is 1. The fourth-order valence-electron chi connectivity index (χ4n) is 6.28. The van der Waals surface area contributed by atoms with Gasteiger partial charge in [0.2, 0.25) is 5.91 Å². The van der Waals surface area contributed by atoms with E-state index >= 15 is 0 Å². The van der Waals surface area contributed by atoms with Crippen molar-refractivity contribution in [3.05, 3.63) is 0 Å². The van der Waals surface area contributed by atoms with Crippen LogP contribution in [0.5, 0.6) is 0 Å². The molecule has 1 amide bonds. The third-order valence-corrected chi connectivity index (χ3v) is 8.16. The summed E-state index contributed by atoms with van der Waals surface area (Å²) in [5.41, 5.74) is 8.84. The van der Waals surface area contributed by atoms with E-state index in [0.29, 0.717) is 24.2 Å². The second-order valence-corrected chi connectivity index (χ2v) is 10.1. The van der Waals surface area contributed by atoms with Gasteiger partial charge in [0.15, 0.2) is 0 Å². The number of hydrogen-bond acceptors (Lipinski definition) is 8. The quantitative estimate of drug-likeness (QED) is 0.459. The molecule has 0 aromatic heterocycles. The third kappa shape index (κ3) is 5.08. The summed E-state index contributed by atoms with van der Waals surface area (Å²) in [6, 6.07) is 0.423. The summed E-state index contributed by atoms with van der Waals surface area (Å²) in [6.45, 7) is 6.01. The van der Waals surface area contributed by atoms with Crippen LogP contribution < -0.4 is 21.8 Å². The molecule has 31 heavy (non-hydrogen) atoms. The van der Waals surface area contributed by atoms with Crippen LogP contribution in [0.25, 0.3) is 0 Å². The van der Waals surface area contributed by atoms with Crippen LogP contribution in [0.4, 0.5) is 0 Å². The lowest BCUT2D eigenvalue weighted by Crippen LogP contribution is -2.57. The lowest BCUT2D eigenvalue weighted by atomic mass is 9.90. The zero-order valence-corrected chi connectivity index (χ0v) is 18.6. The maximum Gasteiger partial charge on any atom is 0.220 e. The van der Waals surface area contributed by atoms with Crippen LogP contribution >= 0.6 is 0 Å². The van der Waals surface area contributed by atoms with Crippen LogP contribution in [-0.4, -0.2) is 85.7 Å². The first kappa shape index (κ1) is 22.0. The highest BCUT2D eigenvalue weighted by Crippen LogP contribution is 2.29. The van der Waals surface area contributed by atoms with E-state index in [1.165, 1.54) is 25.7 Å². The Labute approximate surface area is 185 Å². The molecule has 5 aliphatic heterocycles. The van der Waals surface area contributed by atoms with Crippen LogP contribution in [-0.2, 0) is 14.4 Å². The Morgan fingerprint density at radius 1 is 1.06 bits per heavy atom. The van der Waals surface area contributed by atoms with Crippen molar-refractivity contribution >= 4 is 5.91 Å². The number of carbonyl (C=O) groups excluding carboxylic acids is 1. The maximum atomic E-state index is 11.5. The van der Waals surface area contributed by atoms with Crippen molar-refractivity contribution in [2.45, 2.75) is 82.1 Å². The number of rotatable bonds is 6. The molecule has 176 valence electrons. The second-order valence-electron chi connectivity index (χ2n) is 10.1. The largest absolute Gasteiger partial charge is 0.377 e. The number of ether oxygens (including phenoxy) is 1. The number of piperidine rings is 2. The number of nitrogens with zero attached hydrogens (tertiary/aromatic N) is 2. The lowest BCUT2D eigenvalue weighted by Gasteiger charge is -2.42. The molecule has 6 atom stereocenters. The minimum Gasteiger partial charge on any atom is -0.377 e. The fourth-order valence-corrected chi connectivity index (χ4v) is 6.28. The number of hydroxylamine groups is 1. The van der Waals surface area contributed by atoms with Gasteiger partial charge in [0.25, 0.3) is 0 Å². The number of nitrogens with one attached hydrogen (secondary N) is 3. The van der Waals surface area contributed by atoms with Crippen LogP contribution in [0, 0.1) is 11.8 Å². The summed E-state index contributed by atoms with van der Waals surface area (Å²) < 4.78 is 5.88. The van der Waals surface area contributed by atoms with Gasteiger partial charge in [-0.1, -0.05) is 0 Å². The molecule has 0 spiro atoms. The second kappa shape index (κ2) is 9.99. The fraction of sp³-hybridized carbons (Fsp3) is 0.955. The number of hydrogen-bond donors (Lipinski definition) is 4. The smallest absolute Gasteiger partial charge is 0.220 e. The molecular formula is C22H40N6O3. The first-order chi connectivity index (χ1) is 15.2. The van der Waals surface area contributed by atoms with Gasteiger partial charge in [0.1, 0.15) is 6.23 Å². The van der Waals surface area contributed by atoms with Gasteiger partial charge in [-0.3, -0.25) is 24.7 Å². The van der Waals surface area contributed by atoms with Crippen LogP contribution in [0.2, 0.25) is 0 Å². The van der Waals surface area contributed by atoms with Gasteiger partial charge in [-0.15, -0.1) is 0 Å². The Morgan fingerprint density at radius 2 is 1.94 bits per heavy atom. The van der Waals surface area contributed by atoms with Gasteiger partial charge in [-0.05, 0) is 70.4 Å². The minimum absolute atomic E-state index is 0.0481. The summed E-state index contributed by atoms with van der Waals surface area (Å²) in [5.74, 6) is 0.433. The van der Waals surface area contributed by atoms with Crippen molar-refractivity contribution in [3.63, 3.8) is 0 Å². The van der Waals surface area contributed by atoms with E-state index in [2.05, 4.69) is 25.9 Å². The molecule has 5 fully saturated rings. The van der Waals surface area contributed by atoms with Gasteiger partial charge in [0.05, 0.1) is 24.5 Å². The van der Waals surface area contributed by atoms with E-state index in [0.717, 1.165) is 65.0 Å². The molecule has 0 aromatic rings. The summed E-state index contributed by atoms with van der Waals surface area (Å²) in [6.07, 6.45) is 9.81. The summed E-state index contributed by atoms with van der Waals surface area (Å²) in [5, 5.41) is 7.47. The van der Waals surface area contributed by atoms with Crippen LogP contribution in [0.15, 0.2) is 0 Å². The molecule has 0 radical (unpaired) electrons. The zero-order valence-electron chi connectivity index (χ0n) is 18.6. The molecule has 5 saturated heterocycles. The molecule has 5 N–H and O–H groups in total. The Balaban J connectivity index is 1.11. The monoisotopic (exact) mass is 436 g/mol. The average molecular weight is 437 g/mol. The molecule has 0 saturated carbocycles. The molecule has 0 aliphatic carbocycles. The van der Waals surface area contributed by atoms with E-state index < -0.39 is 0 Å². The van der Waals surface area contributed by atoms with Crippen LogP contribution in [0.3, 0.4) is 0 Å². The standard InChI is InChI=1S/C22H40N6O3/c23-20(29)15-6-10-27(11-7-15)19-13-16(5-8-24-19)21-25-22(31-26-21)18-4-1-9-28(18)14-17-3-2-12-30-17/h15-19,21-22,24-26H,1-14H2,(H2,23,29)/t16?,17?,18-,19?,21?,22?/m0/s1. The first-order valence-corrected chi connectivity index (χ1v) is 12.5. The van der Waals surface area contributed by atoms with Gasteiger partial charge < -0.3 is 15.8 Å². The predicted octanol–water partition coefficient (Wildman–Crippen LogP) is -0.0706. The Hall–Kier alpha value is -0.810. The predicted molar refractivity (Wildman–Crippen MR) is 117 cm³/mol. The number of likely N-dealkylation sites (tertiary alicyclic amines) is 2. The average Bonchev–Trinajstić information content (AvgIpc) is 3.56. The van der Waals surface area contributed by atoms with Gasteiger partial charge in [0, 0.05) is 32.2 Å². The molecule has 5 aliphatic rings. The Bertz CT molecular complexity index is 610. The van der Waals surface area contributed by atoms with Gasteiger partial charge in [-0.2, -0.15) is 5.48 Å². The van der Waals surface area contributed by atoms with Gasteiger partial charge in [-0.25, -0.2) is 0 Å². The normalized spacial score (nSPS) is 41.2. The van der Waals surface area contributed by atoms with E-state index in [1.807, 2.05) is 0 Å². The van der Waals surface area contributed by atoms with Crippen molar-refractivity contribution < 1.29 is 14.4 Å². The lowest BCUT2D eigenvalue weighted by molar-refractivity contribution is -0.123. The number of carbonyl (C=O) groups is 1. The molecule has 0 aromatic carbocycles. The SMILES string of the molecule is NC(=O)C1CCN(C2CC(C3NOC([C@@H]4CCCN4CC4CCCO4)N3)CCN2)CC1. The minimum atomic E-state index is -0.142. The highest BCUT2D eigenvalue weighted by molar-refractivity contribution is 5.76. The van der Waals surface area contributed by atoms with Crippen molar-refractivity contribution in [1.82, 2.24) is 25.9 Å². The number of primary amides is 1. The summed E-state index contributed by atoms with van der Waals surface area (Å²) in [4.78, 5) is 22.6. The summed E-state index contributed by atoms with van der Waals surface area (Å²) in [7, 11) is 0. The van der Waals surface area contributed by atoms with E-state index in [4.69, 9.17) is 15.3 Å². The number of amides is 1.